The lowest BCUT2D eigenvalue weighted by Gasteiger charge is -2.36. The SMILES string of the molecule is CCC(=O)N1c2ccccc2SC1(C=Cc1ccccc1)c1ccccc1. The molecule has 3 aromatic rings. The molecule has 3 aromatic carbocycles. The van der Waals surface area contributed by atoms with Crippen molar-refractivity contribution < 1.29 is 4.79 Å². The van der Waals surface area contributed by atoms with Gasteiger partial charge in [0, 0.05) is 11.3 Å². The number of nitrogens with zero attached hydrogens (tertiary/aromatic N) is 1. The minimum absolute atomic E-state index is 0.119. The van der Waals surface area contributed by atoms with Gasteiger partial charge in [-0.3, -0.25) is 9.69 Å². The van der Waals surface area contributed by atoms with E-state index in [-0.39, 0.29) is 5.91 Å². The molecule has 1 unspecified atom stereocenters. The van der Waals surface area contributed by atoms with Crippen LogP contribution in [0.2, 0.25) is 0 Å². The number of thioether (sulfide) groups is 1. The third-order valence-electron chi connectivity index (χ3n) is 4.74. The molecule has 0 spiro atoms. The van der Waals surface area contributed by atoms with Gasteiger partial charge in [0.1, 0.15) is 4.87 Å². The van der Waals surface area contributed by atoms with Crippen LogP contribution in [0.1, 0.15) is 24.5 Å². The van der Waals surface area contributed by atoms with Crippen LogP contribution in [-0.4, -0.2) is 5.91 Å². The molecule has 1 amide bonds. The van der Waals surface area contributed by atoms with Gasteiger partial charge in [0.2, 0.25) is 5.91 Å². The van der Waals surface area contributed by atoms with Crippen LogP contribution in [-0.2, 0) is 9.67 Å². The third-order valence-corrected chi connectivity index (χ3v) is 6.18. The van der Waals surface area contributed by atoms with Crippen molar-refractivity contribution in [2.45, 2.75) is 23.1 Å². The lowest BCUT2D eigenvalue weighted by Crippen LogP contribution is -2.43. The van der Waals surface area contributed by atoms with Gasteiger partial charge in [-0.15, -0.1) is 0 Å². The minimum atomic E-state index is -0.589. The molecule has 27 heavy (non-hydrogen) atoms. The Hall–Kier alpha value is -2.78. The number of hydrogen-bond acceptors (Lipinski definition) is 2. The highest BCUT2D eigenvalue weighted by Gasteiger charge is 2.46. The van der Waals surface area contributed by atoms with Crippen molar-refractivity contribution in [1.29, 1.82) is 0 Å². The number of carbonyl (C=O) groups is 1. The van der Waals surface area contributed by atoms with Gasteiger partial charge in [-0.05, 0) is 29.3 Å². The Kier molecular flexibility index (Phi) is 4.87. The van der Waals surface area contributed by atoms with E-state index in [0.717, 1.165) is 21.7 Å². The number of benzene rings is 3. The summed E-state index contributed by atoms with van der Waals surface area (Å²) in [6, 6.07) is 28.7. The zero-order chi connectivity index (χ0) is 18.7. The zero-order valence-electron chi connectivity index (χ0n) is 15.2. The van der Waals surface area contributed by atoms with Crippen LogP contribution in [0.4, 0.5) is 5.69 Å². The Balaban J connectivity index is 1.90. The predicted molar refractivity (Wildman–Crippen MR) is 114 cm³/mol. The molecular formula is C24H21NOS. The third kappa shape index (κ3) is 3.19. The summed E-state index contributed by atoms with van der Waals surface area (Å²) in [6.07, 6.45) is 4.74. The topological polar surface area (TPSA) is 20.3 Å². The number of anilines is 1. The Labute approximate surface area is 164 Å². The summed E-state index contributed by atoms with van der Waals surface area (Å²) in [4.78, 5) is 15.6. The van der Waals surface area contributed by atoms with Crippen molar-refractivity contribution in [1.82, 2.24) is 0 Å². The standard InChI is InChI=1S/C24H21NOS/c1-2-23(26)25-21-15-9-10-16-22(21)27-24(25,20-13-7-4-8-14-20)18-17-19-11-5-3-6-12-19/h3-18H,2H2,1H3. The molecule has 0 N–H and O–H groups in total. The molecule has 1 aliphatic heterocycles. The van der Waals surface area contributed by atoms with Crippen molar-refractivity contribution >= 4 is 29.4 Å². The predicted octanol–water partition coefficient (Wildman–Crippen LogP) is 6.10. The normalized spacial score (nSPS) is 18.6. The van der Waals surface area contributed by atoms with E-state index in [9.17, 15) is 4.79 Å². The van der Waals surface area contributed by atoms with E-state index in [0.29, 0.717) is 6.42 Å². The number of fused-ring (bicyclic) bond motifs is 1. The van der Waals surface area contributed by atoms with E-state index in [1.165, 1.54) is 0 Å². The highest BCUT2D eigenvalue weighted by atomic mass is 32.2. The maximum atomic E-state index is 13.1. The van der Waals surface area contributed by atoms with E-state index in [4.69, 9.17) is 0 Å². The van der Waals surface area contributed by atoms with Gasteiger partial charge in [0.05, 0.1) is 5.69 Å². The maximum absolute atomic E-state index is 13.1. The van der Waals surface area contributed by atoms with Gasteiger partial charge in [-0.2, -0.15) is 0 Å². The Morgan fingerprint density at radius 1 is 0.926 bits per heavy atom. The molecule has 0 fully saturated rings. The highest BCUT2D eigenvalue weighted by Crippen LogP contribution is 2.56. The van der Waals surface area contributed by atoms with Crippen molar-refractivity contribution in [3.8, 4) is 0 Å². The van der Waals surface area contributed by atoms with Crippen molar-refractivity contribution in [2.24, 2.45) is 0 Å². The van der Waals surface area contributed by atoms with Gasteiger partial charge < -0.3 is 0 Å². The van der Waals surface area contributed by atoms with Crippen LogP contribution >= 0.6 is 11.8 Å². The van der Waals surface area contributed by atoms with Crippen molar-refractivity contribution in [3.05, 3.63) is 102 Å². The fourth-order valence-corrected chi connectivity index (χ4v) is 4.87. The summed E-state index contributed by atoms with van der Waals surface area (Å²) in [7, 11) is 0. The van der Waals surface area contributed by atoms with E-state index >= 15 is 0 Å². The second-order valence-corrected chi connectivity index (χ2v) is 7.73. The second kappa shape index (κ2) is 7.45. The first-order chi connectivity index (χ1) is 13.2. The molecule has 0 saturated heterocycles. The largest absolute Gasteiger partial charge is 0.288 e. The first kappa shape index (κ1) is 17.6. The fraction of sp³-hybridized carbons (Fsp3) is 0.125. The molecule has 1 aliphatic rings. The summed E-state index contributed by atoms with van der Waals surface area (Å²) >= 11 is 1.73. The van der Waals surface area contributed by atoms with Gasteiger partial charge in [-0.25, -0.2) is 0 Å². The highest BCUT2D eigenvalue weighted by molar-refractivity contribution is 8.01. The average molecular weight is 372 g/mol. The summed E-state index contributed by atoms with van der Waals surface area (Å²) in [5, 5.41) is 0. The van der Waals surface area contributed by atoms with Gasteiger partial charge in [0.25, 0.3) is 0 Å². The molecular weight excluding hydrogens is 350 g/mol. The van der Waals surface area contributed by atoms with E-state index in [2.05, 4.69) is 42.5 Å². The van der Waals surface area contributed by atoms with E-state index < -0.39 is 4.87 Å². The summed E-state index contributed by atoms with van der Waals surface area (Å²) in [6.45, 7) is 1.92. The molecule has 2 nitrogen and oxygen atoms in total. The molecule has 0 aromatic heterocycles. The molecule has 1 heterocycles. The first-order valence-electron chi connectivity index (χ1n) is 9.15. The second-order valence-electron chi connectivity index (χ2n) is 6.46. The number of hydrogen-bond donors (Lipinski definition) is 0. The zero-order valence-corrected chi connectivity index (χ0v) is 16.0. The minimum Gasteiger partial charge on any atom is -0.288 e. The molecule has 4 rings (SSSR count). The van der Waals surface area contributed by atoms with Crippen LogP contribution in [0.25, 0.3) is 6.08 Å². The van der Waals surface area contributed by atoms with Crippen LogP contribution in [0.5, 0.6) is 0 Å². The van der Waals surface area contributed by atoms with Crippen molar-refractivity contribution in [3.63, 3.8) is 0 Å². The van der Waals surface area contributed by atoms with Crippen LogP contribution < -0.4 is 4.90 Å². The van der Waals surface area contributed by atoms with Gasteiger partial charge >= 0.3 is 0 Å². The quantitative estimate of drug-likeness (QED) is 0.552. The van der Waals surface area contributed by atoms with Gasteiger partial charge in [0.15, 0.2) is 0 Å². The van der Waals surface area contributed by atoms with Crippen LogP contribution in [0.3, 0.4) is 0 Å². The number of carbonyl (C=O) groups excluding carboxylic acids is 1. The smallest absolute Gasteiger partial charge is 0.228 e. The monoisotopic (exact) mass is 371 g/mol. The van der Waals surface area contributed by atoms with E-state index in [1.807, 2.05) is 66.4 Å². The average Bonchev–Trinajstić information content (AvgIpc) is 3.08. The summed E-state index contributed by atoms with van der Waals surface area (Å²) in [5.41, 5.74) is 3.20. The number of para-hydroxylation sites is 1. The maximum Gasteiger partial charge on any atom is 0.228 e. The molecule has 0 radical (unpaired) electrons. The Morgan fingerprint density at radius 2 is 1.56 bits per heavy atom. The van der Waals surface area contributed by atoms with Crippen molar-refractivity contribution in [2.75, 3.05) is 4.90 Å². The molecule has 1 atom stereocenters. The number of amides is 1. The molecule has 0 aliphatic carbocycles. The molecule has 0 bridgehead atoms. The molecule has 0 saturated carbocycles. The summed E-state index contributed by atoms with van der Waals surface area (Å²) < 4.78 is 0. The Morgan fingerprint density at radius 3 is 2.26 bits per heavy atom. The van der Waals surface area contributed by atoms with Crippen LogP contribution in [0, 0.1) is 0 Å². The lowest BCUT2D eigenvalue weighted by molar-refractivity contribution is -0.118. The fourth-order valence-electron chi connectivity index (χ4n) is 3.44. The number of rotatable bonds is 4. The lowest BCUT2D eigenvalue weighted by atomic mass is 10.0. The first-order valence-corrected chi connectivity index (χ1v) is 9.97. The van der Waals surface area contributed by atoms with E-state index in [1.54, 1.807) is 11.8 Å². The van der Waals surface area contributed by atoms with Crippen LogP contribution in [0.15, 0.2) is 95.9 Å². The molecule has 134 valence electrons. The Bertz CT molecular complexity index is 968. The summed E-state index contributed by atoms with van der Waals surface area (Å²) in [5.74, 6) is 0.119. The molecule has 3 heteroatoms. The van der Waals surface area contributed by atoms with Gasteiger partial charge in [-0.1, -0.05) is 97.6 Å².